The minimum atomic E-state index is -0.883. The number of benzene rings is 3. The molecule has 4 aromatic heterocycles. The Balaban J connectivity index is 0.758. The van der Waals surface area contributed by atoms with Crippen molar-refractivity contribution in [1.82, 2.24) is 45.1 Å². The van der Waals surface area contributed by atoms with Gasteiger partial charge >= 0.3 is 12.1 Å². The number of nitrogens with zero attached hydrogens (tertiary/aromatic N) is 9. The summed E-state index contributed by atoms with van der Waals surface area (Å²) in [6.07, 6.45) is 6.21. The highest BCUT2D eigenvalue weighted by molar-refractivity contribution is 7.13. The van der Waals surface area contributed by atoms with E-state index in [1.165, 1.54) is 4.90 Å². The molecule has 5 aliphatic rings. The van der Waals surface area contributed by atoms with Crippen molar-refractivity contribution in [2.45, 2.75) is 160 Å². The number of β-amino-alcohol motifs (C(OH)–C–C–N with tert-alkyl or cyclic N) is 1. The molecule has 8 atom stereocenters. The number of piperazine rings is 1. The van der Waals surface area contributed by atoms with Crippen molar-refractivity contribution in [1.29, 1.82) is 0 Å². The first-order valence-corrected chi connectivity index (χ1v) is 31.8. The first kappa shape index (κ1) is 60.7. The first-order chi connectivity index (χ1) is 42.3. The third kappa shape index (κ3) is 12.0. The van der Waals surface area contributed by atoms with E-state index >= 15 is 4.39 Å². The summed E-state index contributed by atoms with van der Waals surface area (Å²) >= 11 is 1.58. The summed E-state index contributed by atoms with van der Waals surface area (Å²) in [5.41, 5.74) is 5.48. The Bertz CT molecular complexity index is 3710. The van der Waals surface area contributed by atoms with Gasteiger partial charge in [0.2, 0.25) is 11.8 Å². The van der Waals surface area contributed by atoms with Crippen molar-refractivity contribution in [3.8, 4) is 39.3 Å². The molecule has 5 fully saturated rings. The number of hydrogen-bond donors (Lipinski definition) is 2. The summed E-state index contributed by atoms with van der Waals surface area (Å²) < 4.78 is 54.0. The highest BCUT2D eigenvalue weighted by Gasteiger charge is 2.51. The van der Waals surface area contributed by atoms with Crippen molar-refractivity contribution < 1.29 is 52.1 Å². The predicted octanol–water partition coefficient (Wildman–Crippen LogP) is 10.6. The van der Waals surface area contributed by atoms with Gasteiger partial charge in [0.15, 0.2) is 18.4 Å². The number of likely N-dealkylation sites (tertiary alicyclic amines) is 1. The molecule has 0 radical (unpaired) electrons. The molecule has 5 saturated heterocycles. The molecule has 466 valence electrons. The van der Waals surface area contributed by atoms with Gasteiger partial charge in [-0.3, -0.25) is 24.4 Å². The van der Waals surface area contributed by atoms with Crippen LogP contribution < -0.4 is 24.4 Å². The highest BCUT2D eigenvalue weighted by Crippen LogP contribution is 2.45. The normalized spacial score (nSPS) is 22.6. The van der Waals surface area contributed by atoms with E-state index in [-0.39, 0.29) is 103 Å². The van der Waals surface area contributed by atoms with Gasteiger partial charge in [0.1, 0.15) is 53.6 Å². The molecule has 0 spiro atoms. The van der Waals surface area contributed by atoms with Crippen molar-refractivity contribution in [3.63, 3.8) is 0 Å². The molecule has 3 amide bonds. The van der Waals surface area contributed by atoms with Gasteiger partial charge in [-0.1, -0.05) is 63.2 Å². The number of amides is 3. The van der Waals surface area contributed by atoms with E-state index < -0.39 is 29.5 Å². The predicted molar refractivity (Wildman–Crippen MR) is 331 cm³/mol. The molecule has 5 aliphatic heterocycles. The number of aliphatic hydroxyl groups is 1. The first-order valence-electron chi connectivity index (χ1n) is 30.9. The number of fused-ring (bicyclic) bond motifs is 5. The molecule has 7 aromatic rings. The molecule has 22 heteroatoms. The number of halogens is 1. The molecule has 0 saturated carbocycles. The van der Waals surface area contributed by atoms with Crippen LogP contribution in [0.5, 0.6) is 17.6 Å². The number of hydrogen-bond acceptors (Lipinski definition) is 18. The maximum Gasteiger partial charge on any atom is 0.410 e. The number of methoxy groups -OCH3 is 1. The number of nitrogens with one attached hydrogen (secondary N) is 1. The summed E-state index contributed by atoms with van der Waals surface area (Å²) in [5, 5.41) is 20.4. The van der Waals surface area contributed by atoms with Crippen molar-refractivity contribution in [3.05, 3.63) is 101 Å². The lowest BCUT2D eigenvalue weighted by molar-refractivity contribution is -0.141. The van der Waals surface area contributed by atoms with Gasteiger partial charge in [-0.15, -0.1) is 11.3 Å². The molecular formula is C66H79FN10O10S. The molecule has 9 heterocycles. The molecule has 2 bridgehead atoms. The van der Waals surface area contributed by atoms with E-state index in [0.29, 0.717) is 54.4 Å². The van der Waals surface area contributed by atoms with E-state index in [1.54, 1.807) is 36.8 Å². The number of aliphatic hydroxyl groups excluding tert-OH is 1. The summed E-state index contributed by atoms with van der Waals surface area (Å²) in [6, 6.07) is 17.9. The van der Waals surface area contributed by atoms with Crippen LogP contribution in [0.25, 0.3) is 43.4 Å². The monoisotopic (exact) mass is 1220 g/mol. The van der Waals surface area contributed by atoms with Crippen molar-refractivity contribution in [2.24, 2.45) is 5.92 Å². The molecule has 3 unspecified atom stereocenters. The second-order valence-corrected chi connectivity index (χ2v) is 26.6. The standard InChI is InChI=1S/C66H79FN10O10S/c1-10-40-13-11-14-43-25-48(85-36-82-9)27-49(55(40)43)57-56(67)58-50(29-68-57)60(74-30-44-19-20-45(31-74)77(44)64(81)86-65(6,7)8)72-63(71-58)84-34-66-22-12-24-76(66)46(21-23-66)33-83-53-28-52(87-73-53)54(37(2)3)62(80)75-32-47(78)26-51(75)61(79)70-38(4)41-15-17-42(18-16-41)59-39(5)69-35-88-59/h11,13-18,25,27-29,35,37-38,44-47,51,54,78H,10,12,19-24,26,30-34,36H2,1-9H3,(H,70,79)/t38-,44?,45?,46+,47+,51-,54?,66+/m0/s1. The highest BCUT2D eigenvalue weighted by atomic mass is 32.1. The van der Waals surface area contributed by atoms with Crippen LogP contribution in [-0.2, 0) is 25.5 Å². The number of pyridine rings is 1. The smallest absolute Gasteiger partial charge is 0.410 e. The summed E-state index contributed by atoms with van der Waals surface area (Å²) in [5.74, 6) is -0.805. The van der Waals surface area contributed by atoms with Gasteiger partial charge < -0.3 is 48.4 Å². The van der Waals surface area contributed by atoms with Crippen LogP contribution in [0.4, 0.5) is 15.0 Å². The minimum absolute atomic E-state index is 0.00857. The molecule has 12 rings (SSSR count). The van der Waals surface area contributed by atoms with E-state index in [4.69, 9.17) is 43.2 Å². The van der Waals surface area contributed by atoms with Crippen LogP contribution in [0.15, 0.2) is 76.9 Å². The Hall–Kier alpha value is -7.53. The molecule has 3 aromatic carbocycles. The number of carbonyl (C=O) groups excluding carboxylic acids is 3. The Morgan fingerprint density at radius 3 is 2.45 bits per heavy atom. The SMILES string of the molecule is CCc1cccc2cc(OCOC)cc(-c3ncc4c(N5CC6CCC(C5)N6C(=O)OC(C)(C)C)nc(OC[C@]56CCCN5[C@@H](COc5cc(C(C(=O)N7C[C@H](O)C[C@H]7C(=O)N[C@@H](C)c7ccc(-c8scnc8C)cc7)C(C)C)on5)CC6)nc4c3F)c12. The Morgan fingerprint density at radius 1 is 0.955 bits per heavy atom. The number of aryl methyl sites for hydroxylation is 2. The maximum absolute atomic E-state index is 17.9. The topological polar surface area (TPSA) is 220 Å². The van der Waals surface area contributed by atoms with E-state index in [2.05, 4.69) is 32.2 Å². The van der Waals surface area contributed by atoms with Crippen LogP contribution in [0.2, 0.25) is 0 Å². The third-order valence-corrected chi connectivity index (χ3v) is 19.3. The number of anilines is 1. The summed E-state index contributed by atoms with van der Waals surface area (Å²) in [4.78, 5) is 70.3. The van der Waals surface area contributed by atoms with Gasteiger partial charge in [0.25, 0.3) is 5.88 Å². The molecule has 88 heavy (non-hydrogen) atoms. The van der Waals surface area contributed by atoms with E-state index in [0.717, 1.165) is 83.1 Å². The molecule has 2 N–H and O–H groups in total. The van der Waals surface area contributed by atoms with Crippen molar-refractivity contribution in [2.75, 3.05) is 58.2 Å². The molecule has 0 aliphatic carbocycles. The van der Waals surface area contributed by atoms with Gasteiger partial charge in [0.05, 0.1) is 51.2 Å². The Labute approximate surface area is 516 Å². The van der Waals surface area contributed by atoms with Crippen LogP contribution in [0, 0.1) is 18.7 Å². The fourth-order valence-corrected chi connectivity index (χ4v) is 15.0. The second-order valence-electron chi connectivity index (χ2n) is 25.7. The fourth-order valence-electron chi connectivity index (χ4n) is 14.1. The summed E-state index contributed by atoms with van der Waals surface area (Å²) in [6.45, 7) is 17.6. The van der Waals surface area contributed by atoms with Gasteiger partial charge in [0, 0.05) is 57.0 Å². The van der Waals surface area contributed by atoms with Crippen LogP contribution >= 0.6 is 11.3 Å². The zero-order valence-electron chi connectivity index (χ0n) is 51.6. The summed E-state index contributed by atoms with van der Waals surface area (Å²) in [7, 11) is 1.55. The number of thiazole rings is 1. The number of aromatic nitrogens is 5. The molecular weight excluding hydrogens is 1140 g/mol. The lowest BCUT2D eigenvalue weighted by Crippen LogP contribution is -2.57. The number of ether oxygens (including phenoxy) is 5. The minimum Gasteiger partial charge on any atom is -0.474 e. The van der Waals surface area contributed by atoms with E-state index in [1.807, 2.05) is 107 Å². The quantitative estimate of drug-likeness (QED) is 0.0719. The van der Waals surface area contributed by atoms with E-state index in [9.17, 15) is 19.5 Å². The van der Waals surface area contributed by atoms with Crippen LogP contribution in [-0.4, -0.2) is 158 Å². The lowest BCUT2D eigenvalue weighted by Gasteiger charge is -2.42. The second kappa shape index (κ2) is 24.8. The zero-order chi connectivity index (χ0) is 61.8. The van der Waals surface area contributed by atoms with Crippen LogP contribution in [0.1, 0.15) is 128 Å². The van der Waals surface area contributed by atoms with Crippen molar-refractivity contribution >= 4 is 56.7 Å². The van der Waals surface area contributed by atoms with Crippen LogP contribution in [0.3, 0.4) is 0 Å². The van der Waals surface area contributed by atoms with Gasteiger partial charge in [-0.2, -0.15) is 9.97 Å². The maximum atomic E-state index is 17.9. The largest absolute Gasteiger partial charge is 0.474 e. The average Bonchev–Trinajstić information content (AvgIpc) is 3.16. The number of carbonyl (C=O) groups is 3. The lowest BCUT2D eigenvalue weighted by atomic mass is 9.91. The zero-order valence-corrected chi connectivity index (χ0v) is 52.4. The Kier molecular flexibility index (Phi) is 17.1. The Morgan fingerprint density at radius 2 is 1.74 bits per heavy atom. The number of rotatable bonds is 19. The average molecular weight is 1220 g/mol. The molecule has 20 nitrogen and oxygen atoms in total. The third-order valence-electron chi connectivity index (χ3n) is 18.4. The van der Waals surface area contributed by atoms with Gasteiger partial charge in [-0.05, 0) is 137 Å². The fraction of sp³-hybridized carbons (Fsp3) is 0.515. The van der Waals surface area contributed by atoms with Gasteiger partial charge in [-0.25, -0.2) is 14.2 Å².